The predicted molar refractivity (Wildman–Crippen MR) is 46.8 cm³/mol. The van der Waals surface area contributed by atoms with Crippen LogP contribution in [0.1, 0.15) is 23.1 Å². The molecule has 0 aliphatic carbocycles. The summed E-state index contributed by atoms with van der Waals surface area (Å²) in [6.07, 6.45) is -4.81. The van der Waals surface area contributed by atoms with E-state index in [1.807, 2.05) is 0 Å². The second-order valence-electron chi connectivity index (χ2n) is 3.20. The van der Waals surface area contributed by atoms with Gasteiger partial charge in [-0.1, -0.05) is 17.4 Å². The predicted octanol–water partition coefficient (Wildman–Crippen LogP) is 1.57. The topological polar surface area (TPSA) is 68.0 Å². The lowest BCUT2D eigenvalue weighted by molar-refractivity contribution is -0.144. The number of hydrogen-bond acceptors (Lipinski definition) is 3. The van der Waals surface area contributed by atoms with E-state index in [1.54, 1.807) is 0 Å². The van der Waals surface area contributed by atoms with Gasteiger partial charge >= 0.3 is 12.1 Å². The van der Waals surface area contributed by atoms with Gasteiger partial charge in [0.15, 0.2) is 5.69 Å². The summed E-state index contributed by atoms with van der Waals surface area (Å²) in [6.45, 7) is 4.70. The zero-order chi connectivity index (χ0) is 12.5. The molecule has 0 saturated carbocycles. The Morgan fingerprint density at radius 3 is 2.50 bits per heavy atom. The van der Waals surface area contributed by atoms with Gasteiger partial charge in [-0.3, -0.25) is 0 Å². The highest BCUT2D eigenvalue weighted by Crippen LogP contribution is 2.31. The second-order valence-corrected chi connectivity index (χ2v) is 3.20. The van der Waals surface area contributed by atoms with Crippen molar-refractivity contribution in [1.29, 1.82) is 0 Å². The molecule has 0 saturated heterocycles. The number of carboxylic acids is 1. The van der Waals surface area contributed by atoms with E-state index in [0.29, 0.717) is 10.3 Å². The zero-order valence-electron chi connectivity index (χ0n) is 8.25. The number of hydrogen-bond donors (Lipinski definition) is 1. The summed E-state index contributed by atoms with van der Waals surface area (Å²) in [5, 5.41) is 14.7. The number of halogens is 3. The van der Waals surface area contributed by atoms with Crippen LogP contribution in [0, 0.1) is 0 Å². The normalized spacial score (nSPS) is 11.5. The standard InChI is InChI=1S/C8H8F3N3O2/c1-4(2)3-14-6(8(9,10)11)5(7(15)16)12-13-14/h1,3H2,2H3,(H,15,16). The van der Waals surface area contributed by atoms with Crippen LogP contribution in [0.5, 0.6) is 0 Å². The molecule has 0 aliphatic heterocycles. The molecule has 5 nitrogen and oxygen atoms in total. The van der Waals surface area contributed by atoms with E-state index in [-0.39, 0.29) is 6.54 Å². The van der Waals surface area contributed by atoms with Gasteiger partial charge in [-0.05, 0) is 6.92 Å². The Morgan fingerprint density at radius 1 is 1.56 bits per heavy atom. The molecule has 0 unspecified atom stereocenters. The Morgan fingerprint density at radius 2 is 2.12 bits per heavy atom. The molecule has 1 aromatic rings. The minimum absolute atomic E-state index is 0.227. The monoisotopic (exact) mass is 235 g/mol. The fourth-order valence-corrected chi connectivity index (χ4v) is 1.10. The number of alkyl halides is 3. The largest absolute Gasteiger partial charge is 0.476 e. The molecular formula is C8H8F3N3O2. The van der Waals surface area contributed by atoms with Crippen LogP contribution in [-0.4, -0.2) is 26.1 Å². The van der Waals surface area contributed by atoms with Gasteiger partial charge in [0.05, 0.1) is 6.54 Å². The smallest absolute Gasteiger partial charge is 0.435 e. The highest BCUT2D eigenvalue weighted by atomic mass is 19.4. The summed E-state index contributed by atoms with van der Waals surface area (Å²) in [6, 6.07) is 0. The molecule has 0 bridgehead atoms. The van der Waals surface area contributed by atoms with Crippen LogP contribution >= 0.6 is 0 Å². The Bertz CT molecular complexity index is 436. The van der Waals surface area contributed by atoms with Crippen molar-refractivity contribution in [2.45, 2.75) is 19.6 Å². The van der Waals surface area contributed by atoms with E-state index < -0.39 is 23.5 Å². The number of aromatic nitrogens is 3. The molecule has 0 spiro atoms. The molecular weight excluding hydrogens is 227 g/mol. The number of carbonyl (C=O) groups is 1. The quantitative estimate of drug-likeness (QED) is 0.807. The number of nitrogens with zero attached hydrogens (tertiary/aromatic N) is 3. The highest BCUT2D eigenvalue weighted by Gasteiger charge is 2.41. The third kappa shape index (κ3) is 2.38. The van der Waals surface area contributed by atoms with E-state index in [1.165, 1.54) is 6.92 Å². The zero-order valence-corrected chi connectivity index (χ0v) is 8.25. The van der Waals surface area contributed by atoms with Crippen molar-refractivity contribution in [2.75, 3.05) is 0 Å². The molecule has 1 rings (SSSR count). The average molecular weight is 235 g/mol. The molecule has 0 atom stereocenters. The van der Waals surface area contributed by atoms with Crippen molar-refractivity contribution in [1.82, 2.24) is 15.0 Å². The van der Waals surface area contributed by atoms with Gasteiger partial charge in [0.2, 0.25) is 5.69 Å². The molecule has 1 heterocycles. The maximum absolute atomic E-state index is 12.6. The molecule has 1 aromatic heterocycles. The van der Waals surface area contributed by atoms with E-state index in [2.05, 4.69) is 16.9 Å². The van der Waals surface area contributed by atoms with Gasteiger partial charge in [0.1, 0.15) is 0 Å². The Hall–Kier alpha value is -1.86. The summed E-state index contributed by atoms with van der Waals surface area (Å²) >= 11 is 0. The highest BCUT2D eigenvalue weighted by molar-refractivity contribution is 5.86. The molecule has 8 heteroatoms. The fourth-order valence-electron chi connectivity index (χ4n) is 1.10. The van der Waals surface area contributed by atoms with Crippen molar-refractivity contribution in [3.05, 3.63) is 23.5 Å². The van der Waals surface area contributed by atoms with E-state index in [4.69, 9.17) is 5.11 Å². The minimum Gasteiger partial charge on any atom is -0.476 e. The van der Waals surface area contributed by atoms with Gasteiger partial charge in [-0.25, -0.2) is 9.48 Å². The van der Waals surface area contributed by atoms with Gasteiger partial charge < -0.3 is 5.11 Å². The molecule has 16 heavy (non-hydrogen) atoms. The first kappa shape index (κ1) is 12.2. The maximum atomic E-state index is 12.6. The van der Waals surface area contributed by atoms with E-state index in [9.17, 15) is 18.0 Å². The Labute approximate surface area is 88.2 Å². The van der Waals surface area contributed by atoms with Gasteiger partial charge in [-0.2, -0.15) is 13.2 Å². The molecule has 0 amide bonds. The Balaban J connectivity index is 3.31. The van der Waals surface area contributed by atoms with Crippen LogP contribution in [0.3, 0.4) is 0 Å². The number of allylic oxidation sites excluding steroid dienone is 1. The number of aromatic carboxylic acids is 1. The Kier molecular flexibility index (Phi) is 3.02. The average Bonchev–Trinajstić information content (AvgIpc) is 2.45. The third-order valence-corrected chi connectivity index (χ3v) is 1.63. The molecule has 0 radical (unpaired) electrons. The molecule has 1 N–H and O–H groups in total. The van der Waals surface area contributed by atoms with Gasteiger partial charge in [0.25, 0.3) is 0 Å². The van der Waals surface area contributed by atoms with Crippen LogP contribution in [0.2, 0.25) is 0 Å². The van der Waals surface area contributed by atoms with Crippen LogP contribution in [0.25, 0.3) is 0 Å². The summed E-state index contributed by atoms with van der Waals surface area (Å²) in [5.41, 5.74) is -2.07. The fraction of sp³-hybridized carbons (Fsp3) is 0.375. The number of rotatable bonds is 3. The second kappa shape index (κ2) is 3.95. The lowest BCUT2D eigenvalue weighted by Crippen LogP contribution is -2.18. The van der Waals surface area contributed by atoms with Crippen LogP contribution in [0.15, 0.2) is 12.2 Å². The lowest BCUT2D eigenvalue weighted by atomic mass is 10.3. The van der Waals surface area contributed by atoms with Crippen LogP contribution < -0.4 is 0 Å². The van der Waals surface area contributed by atoms with Gasteiger partial charge in [0, 0.05) is 0 Å². The van der Waals surface area contributed by atoms with E-state index >= 15 is 0 Å². The third-order valence-electron chi connectivity index (χ3n) is 1.63. The number of carboxylic acid groups (broad SMARTS) is 1. The molecule has 0 aromatic carbocycles. The van der Waals surface area contributed by atoms with Crippen molar-refractivity contribution in [3.8, 4) is 0 Å². The van der Waals surface area contributed by atoms with Crippen molar-refractivity contribution >= 4 is 5.97 Å². The SMILES string of the molecule is C=C(C)Cn1nnc(C(=O)O)c1C(F)(F)F. The molecule has 88 valence electrons. The summed E-state index contributed by atoms with van der Waals surface area (Å²) in [5.74, 6) is -1.76. The summed E-state index contributed by atoms with van der Waals surface area (Å²) in [7, 11) is 0. The summed E-state index contributed by atoms with van der Waals surface area (Å²) < 4.78 is 38.2. The van der Waals surface area contributed by atoms with Crippen LogP contribution in [-0.2, 0) is 12.7 Å². The maximum Gasteiger partial charge on any atom is 0.435 e. The molecule has 0 aliphatic rings. The first-order valence-corrected chi connectivity index (χ1v) is 4.12. The molecule has 0 fully saturated rings. The van der Waals surface area contributed by atoms with Crippen molar-refractivity contribution in [2.24, 2.45) is 0 Å². The summed E-state index contributed by atoms with van der Waals surface area (Å²) in [4.78, 5) is 10.5. The van der Waals surface area contributed by atoms with Gasteiger partial charge in [-0.15, -0.1) is 5.10 Å². The van der Waals surface area contributed by atoms with Crippen molar-refractivity contribution < 1.29 is 23.1 Å². The first-order chi connectivity index (χ1) is 7.23. The van der Waals surface area contributed by atoms with E-state index in [0.717, 1.165) is 0 Å². The minimum atomic E-state index is -4.81. The van der Waals surface area contributed by atoms with Crippen molar-refractivity contribution in [3.63, 3.8) is 0 Å². The lowest BCUT2D eigenvalue weighted by Gasteiger charge is -2.09. The first-order valence-electron chi connectivity index (χ1n) is 4.12. The van der Waals surface area contributed by atoms with Crippen LogP contribution in [0.4, 0.5) is 13.2 Å².